The second kappa shape index (κ2) is 6.98. The van der Waals surface area contributed by atoms with Crippen molar-refractivity contribution in [2.75, 3.05) is 11.9 Å². The largest absolute Gasteiger partial charge is 0.345 e. The highest BCUT2D eigenvalue weighted by Crippen LogP contribution is 2.04. The van der Waals surface area contributed by atoms with Crippen LogP contribution in [0, 0.1) is 0 Å². The Kier molecular flexibility index (Phi) is 4.80. The number of nitrogens with zero attached hydrogens (tertiary/aromatic N) is 3. The fourth-order valence-corrected chi connectivity index (χ4v) is 1.57. The van der Waals surface area contributed by atoms with Crippen molar-refractivity contribution in [3.05, 3.63) is 36.2 Å². The number of benzene rings is 1. The third-order valence-electron chi connectivity index (χ3n) is 2.57. The van der Waals surface area contributed by atoms with Crippen LogP contribution in [0.2, 0.25) is 0 Å². The maximum absolute atomic E-state index is 11.7. The number of aromatic amines is 1. The van der Waals surface area contributed by atoms with Crippen molar-refractivity contribution >= 4 is 17.6 Å². The van der Waals surface area contributed by atoms with Gasteiger partial charge in [-0.25, -0.2) is 4.79 Å². The SMILES string of the molecule is CC(NC(=O)CNC(=O)Nc1ccccc1)c1nn[nH]n1. The molecule has 2 rings (SSSR count). The lowest BCUT2D eigenvalue weighted by Crippen LogP contribution is -2.39. The Morgan fingerprint density at radius 2 is 2.05 bits per heavy atom. The topological polar surface area (TPSA) is 125 Å². The summed E-state index contributed by atoms with van der Waals surface area (Å²) < 4.78 is 0. The second-order valence-electron chi connectivity index (χ2n) is 4.23. The maximum Gasteiger partial charge on any atom is 0.319 e. The zero-order chi connectivity index (χ0) is 15.1. The monoisotopic (exact) mass is 289 g/mol. The van der Waals surface area contributed by atoms with E-state index in [4.69, 9.17) is 0 Å². The third kappa shape index (κ3) is 4.56. The lowest BCUT2D eigenvalue weighted by molar-refractivity contribution is -0.120. The van der Waals surface area contributed by atoms with Gasteiger partial charge in [0.25, 0.3) is 0 Å². The Bertz CT molecular complexity index is 585. The molecule has 1 aromatic carbocycles. The minimum absolute atomic E-state index is 0.152. The van der Waals surface area contributed by atoms with Gasteiger partial charge in [0.1, 0.15) is 0 Å². The summed E-state index contributed by atoms with van der Waals surface area (Å²) in [4.78, 5) is 23.3. The van der Waals surface area contributed by atoms with Crippen LogP contribution >= 0.6 is 0 Å². The van der Waals surface area contributed by atoms with Gasteiger partial charge in [-0.15, -0.1) is 10.2 Å². The van der Waals surface area contributed by atoms with Crippen LogP contribution in [0.4, 0.5) is 10.5 Å². The average Bonchev–Trinajstić information content (AvgIpc) is 3.00. The van der Waals surface area contributed by atoms with Crippen molar-refractivity contribution in [1.29, 1.82) is 0 Å². The number of hydrogen-bond acceptors (Lipinski definition) is 5. The molecular weight excluding hydrogens is 274 g/mol. The van der Waals surface area contributed by atoms with Gasteiger partial charge in [-0.1, -0.05) is 23.4 Å². The molecule has 9 nitrogen and oxygen atoms in total. The molecule has 3 amide bonds. The molecule has 1 atom stereocenters. The minimum atomic E-state index is -0.455. The molecule has 0 spiro atoms. The minimum Gasteiger partial charge on any atom is -0.345 e. The molecule has 0 aliphatic carbocycles. The second-order valence-corrected chi connectivity index (χ2v) is 4.23. The van der Waals surface area contributed by atoms with Crippen molar-refractivity contribution in [1.82, 2.24) is 31.3 Å². The molecule has 0 saturated carbocycles. The van der Waals surface area contributed by atoms with Crippen LogP contribution in [0.25, 0.3) is 0 Å². The highest BCUT2D eigenvalue weighted by Gasteiger charge is 2.13. The van der Waals surface area contributed by atoms with Gasteiger partial charge in [-0.05, 0) is 19.1 Å². The molecule has 110 valence electrons. The predicted octanol–water partition coefficient (Wildman–Crippen LogP) is 0.199. The summed E-state index contributed by atoms with van der Waals surface area (Å²) in [7, 11) is 0. The van der Waals surface area contributed by atoms with Gasteiger partial charge in [0, 0.05) is 5.69 Å². The molecule has 21 heavy (non-hydrogen) atoms. The fraction of sp³-hybridized carbons (Fsp3) is 0.250. The van der Waals surface area contributed by atoms with E-state index in [-0.39, 0.29) is 12.5 Å². The smallest absolute Gasteiger partial charge is 0.319 e. The van der Waals surface area contributed by atoms with Crippen LogP contribution in [0.5, 0.6) is 0 Å². The molecule has 9 heteroatoms. The van der Waals surface area contributed by atoms with E-state index in [0.717, 1.165) is 0 Å². The lowest BCUT2D eigenvalue weighted by atomic mass is 10.3. The van der Waals surface area contributed by atoms with E-state index >= 15 is 0 Å². The van der Waals surface area contributed by atoms with Gasteiger partial charge >= 0.3 is 6.03 Å². The fourth-order valence-electron chi connectivity index (χ4n) is 1.57. The van der Waals surface area contributed by atoms with E-state index in [0.29, 0.717) is 11.5 Å². The molecule has 0 radical (unpaired) electrons. The van der Waals surface area contributed by atoms with E-state index in [1.165, 1.54) is 0 Å². The van der Waals surface area contributed by atoms with Crippen molar-refractivity contribution < 1.29 is 9.59 Å². The summed E-state index contributed by atoms with van der Waals surface area (Å²) in [5, 5.41) is 20.9. The predicted molar refractivity (Wildman–Crippen MR) is 74.2 cm³/mol. The molecule has 4 N–H and O–H groups in total. The van der Waals surface area contributed by atoms with Crippen LogP contribution in [-0.2, 0) is 4.79 Å². The summed E-state index contributed by atoms with van der Waals surface area (Å²) in [5.41, 5.74) is 0.649. The Morgan fingerprint density at radius 1 is 1.29 bits per heavy atom. The standard InChI is InChI=1S/C12H15N7O2/c1-8(11-16-18-19-17-11)14-10(20)7-13-12(21)15-9-5-3-2-4-6-9/h2-6,8H,7H2,1H3,(H,14,20)(H2,13,15,21)(H,16,17,18,19). The number of hydrogen-bond donors (Lipinski definition) is 4. The zero-order valence-corrected chi connectivity index (χ0v) is 11.3. The summed E-state index contributed by atoms with van der Waals surface area (Å²) in [6.07, 6.45) is 0. The Balaban J connectivity index is 1.72. The van der Waals surface area contributed by atoms with Crippen molar-refractivity contribution in [3.8, 4) is 0 Å². The number of H-pyrrole nitrogens is 1. The normalized spacial score (nSPS) is 11.5. The maximum atomic E-state index is 11.7. The van der Waals surface area contributed by atoms with E-state index < -0.39 is 12.1 Å². The molecule has 1 aromatic heterocycles. The van der Waals surface area contributed by atoms with Crippen molar-refractivity contribution in [2.45, 2.75) is 13.0 Å². The summed E-state index contributed by atoms with van der Waals surface area (Å²) in [5.74, 6) is 0.0209. The van der Waals surface area contributed by atoms with E-state index in [9.17, 15) is 9.59 Å². The van der Waals surface area contributed by atoms with Gasteiger partial charge < -0.3 is 16.0 Å². The van der Waals surface area contributed by atoms with Gasteiger partial charge in [-0.3, -0.25) is 4.79 Å². The first-order valence-corrected chi connectivity index (χ1v) is 6.28. The van der Waals surface area contributed by atoms with Gasteiger partial charge in [0.05, 0.1) is 12.6 Å². The first-order valence-electron chi connectivity index (χ1n) is 6.28. The van der Waals surface area contributed by atoms with Crippen LogP contribution < -0.4 is 16.0 Å². The number of para-hydroxylation sites is 1. The third-order valence-corrected chi connectivity index (χ3v) is 2.57. The summed E-state index contributed by atoms with van der Waals surface area (Å²) in [6.45, 7) is 1.56. The quantitative estimate of drug-likeness (QED) is 0.625. The molecule has 1 unspecified atom stereocenters. The molecule has 0 bridgehead atoms. The van der Waals surface area contributed by atoms with Gasteiger partial charge in [0.15, 0.2) is 5.82 Å². The number of aromatic nitrogens is 4. The van der Waals surface area contributed by atoms with Crippen molar-refractivity contribution in [3.63, 3.8) is 0 Å². The molecule has 2 aromatic rings. The number of nitrogens with one attached hydrogen (secondary N) is 4. The zero-order valence-electron chi connectivity index (χ0n) is 11.3. The van der Waals surface area contributed by atoms with Gasteiger partial charge in [0.2, 0.25) is 5.91 Å². The molecule has 0 aliphatic heterocycles. The van der Waals surface area contributed by atoms with Crippen LogP contribution in [0.15, 0.2) is 30.3 Å². The number of rotatable bonds is 5. The number of urea groups is 1. The highest BCUT2D eigenvalue weighted by molar-refractivity contribution is 5.92. The molecular formula is C12H15N7O2. The van der Waals surface area contributed by atoms with Crippen LogP contribution in [0.3, 0.4) is 0 Å². The first-order chi connectivity index (χ1) is 10.1. The Morgan fingerprint density at radius 3 is 2.71 bits per heavy atom. The van der Waals surface area contributed by atoms with E-state index in [1.807, 2.05) is 6.07 Å². The highest BCUT2D eigenvalue weighted by atomic mass is 16.2. The average molecular weight is 289 g/mol. The Labute approximate surface area is 120 Å². The lowest BCUT2D eigenvalue weighted by Gasteiger charge is -2.11. The number of tetrazole rings is 1. The number of carbonyl (C=O) groups excluding carboxylic acids is 2. The number of carbonyl (C=O) groups is 2. The molecule has 0 aliphatic rings. The number of anilines is 1. The summed E-state index contributed by atoms with van der Waals surface area (Å²) >= 11 is 0. The molecule has 1 heterocycles. The molecule has 0 saturated heterocycles. The first kappa shape index (κ1) is 14.4. The van der Waals surface area contributed by atoms with Gasteiger partial charge in [-0.2, -0.15) is 5.21 Å². The van der Waals surface area contributed by atoms with E-state index in [1.54, 1.807) is 31.2 Å². The Hall–Kier alpha value is -2.97. The van der Waals surface area contributed by atoms with Crippen molar-refractivity contribution in [2.24, 2.45) is 0 Å². The molecule has 0 fully saturated rings. The van der Waals surface area contributed by atoms with Crippen LogP contribution in [0.1, 0.15) is 18.8 Å². The van der Waals surface area contributed by atoms with Crippen LogP contribution in [-0.4, -0.2) is 39.1 Å². The van der Waals surface area contributed by atoms with E-state index in [2.05, 4.69) is 36.6 Å². The summed E-state index contributed by atoms with van der Waals surface area (Å²) in [6, 6.07) is 8.09. The number of amides is 3.